The van der Waals surface area contributed by atoms with E-state index in [1.54, 1.807) is 18.3 Å². The Bertz CT molecular complexity index is 968. The lowest BCUT2D eigenvalue weighted by Gasteiger charge is -1.95. The lowest BCUT2D eigenvalue weighted by molar-refractivity contribution is 0.607. The minimum absolute atomic E-state index is 0.114. The molecule has 0 atom stereocenters. The average molecular weight is 262 g/mol. The van der Waals surface area contributed by atoms with Crippen LogP contribution in [0.15, 0.2) is 70.0 Å². The van der Waals surface area contributed by atoms with Crippen molar-refractivity contribution < 1.29 is 4.42 Å². The zero-order chi connectivity index (χ0) is 13.5. The molecule has 96 valence electrons. The summed E-state index contributed by atoms with van der Waals surface area (Å²) >= 11 is 0. The average Bonchev–Trinajstić information content (AvgIpc) is 2.93. The molecule has 0 saturated carbocycles. The van der Waals surface area contributed by atoms with E-state index in [4.69, 9.17) is 4.42 Å². The molecule has 0 aliphatic heterocycles. The number of nitrogens with zero attached hydrogens (tertiary/aromatic N) is 2. The van der Waals surface area contributed by atoms with Gasteiger partial charge < -0.3 is 4.42 Å². The quantitative estimate of drug-likeness (QED) is 0.529. The second kappa shape index (κ2) is 4.06. The van der Waals surface area contributed by atoms with Crippen LogP contribution in [0.2, 0.25) is 0 Å². The van der Waals surface area contributed by atoms with Crippen LogP contribution < -0.4 is 5.56 Å². The molecule has 0 aliphatic rings. The first-order valence-corrected chi connectivity index (χ1v) is 6.29. The molecule has 2 aromatic heterocycles. The van der Waals surface area contributed by atoms with Gasteiger partial charge in [-0.3, -0.25) is 4.79 Å². The van der Waals surface area contributed by atoms with Gasteiger partial charge in [-0.2, -0.15) is 4.98 Å². The molecule has 20 heavy (non-hydrogen) atoms. The third-order valence-electron chi connectivity index (χ3n) is 3.28. The first-order valence-electron chi connectivity index (χ1n) is 6.29. The summed E-state index contributed by atoms with van der Waals surface area (Å²) in [6.45, 7) is 0. The number of aromatic nitrogens is 2. The molecule has 4 aromatic rings. The number of hydrogen-bond donors (Lipinski definition) is 0. The molecule has 2 aromatic carbocycles. The van der Waals surface area contributed by atoms with Crippen molar-refractivity contribution in [1.82, 2.24) is 9.38 Å². The minimum atomic E-state index is -0.114. The normalized spacial score (nSPS) is 11.2. The summed E-state index contributed by atoms with van der Waals surface area (Å²) in [4.78, 5) is 16.8. The summed E-state index contributed by atoms with van der Waals surface area (Å²) in [5.74, 6) is 0.943. The van der Waals surface area contributed by atoms with Crippen LogP contribution in [-0.2, 0) is 0 Å². The highest BCUT2D eigenvalue weighted by Crippen LogP contribution is 2.21. The number of hydrogen-bond acceptors (Lipinski definition) is 3. The highest BCUT2D eigenvalue weighted by atomic mass is 16.4. The topological polar surface area (TPSA) is 47.5 Å². The van der Waals surface area contributed by atoms with Gasteiger partial charge in [0.15, 0.2) is 5.76 Å². The fraction of sp³-hybridized carbons (Fsp3) is 0. The Morgan fingerprint density at radius 1 is 0.950 bits per heavy atom. The van der Waals surface area contributed by atoms with Crippen LogP contribution in [0.4, 0.5) is 0 Å². The monoisotopic (exact) mass is 262 g/mol. The number of oxazole rings is 1. The summed E-state index contributed by atoms with van der Waals surface area (Å²) in [7, 11) is 0. The molecule has 0 aliphatic carbocycles. The van der Waals surface area contributed by atoms with Gasteiger partial charge in [-0.05, 0) is 12.1 Å². The predicted molar refractivity (Wildman–Crippen MR) is 76.7 cm³/mol. The molecule has 0 unspecified atom stereocenters. The summed E-state index contributed by atoms with van der Waals surface area (Å²) < 4.78 is 7.14. The van der Waals surface area contributed by atoms with Crippen molar-refractivity contribution in [2.45, 2.75) is 0 Å². The van der Waals surface area contributed by atoms with Gasteiger partial charge in [-0.15, -0.1) is 0 Å². The molecule has 0 N–H and O–H groups in total. The second-order valence-corrected chi connectivity index (χ2v) is 4.55. The Balaban J connectivity index is 2.07. The SMILES string of the molecule is O=c1c2ccccc2nc2oc(-c3ccccc3)cn12. The molecular weight excluding hydrogens is 252 g/mol. The standard InChI is InChI=1S/C16H10N2O2/c19-15-12-8-4-5-9-13(12)17-16-18(15)10-14(20-16)11-6-2-1-3-7-11/h1-10H. The Hall–Kier alpha value is -2.88. The summed E-state index contributed by atoms with van der Waals surface area (Å²) in [6, 6.07) is 16.9. The van der Waals surface area contributed by atoms with Gasteiger partial charge in [0.1, 0.15) is 0 Å². The van der Waals surface area contributed by atoms with E-state index in [1.165, 1.54) is 4.40 Å². The van der Waals surface area contributed by atoms with Gasteiger partial charge in [0.25, 0.3) is 5.56 Å². The predicted octanol–water partition coefficient (Wildman–Crippen LogP) is 3.11. The molecule has 4 heteroatoms. The van der Waals surface area contributed by atoms with E-state index in [-0.39, 0.29) is 5.56 Å². The van der Waals surface area contributed by atoms with Gasteiger partial charge in [-0.1, -0.05) is 42.5 Å². The third-order valence-corrected chi connectivity index (χ3v) is 3.28. The fourth-order valence-corrected chi connectivity index (χ4v) is 2.29. The molecular formula is C16H10N2O2. The lowest BCUT2D eigenvalue weighted by atomic mass is 10.2. The van der Waals surface area contributed by atoms with E-state index in [0.29, 0.717) is 22.5 Å². The van der Waals surface area contributed by atoms with E-state index < -0.39 is 0 Å². The molecule has 4 rings (SSSR count). The molecule has 0 radical (unpaired) electrons. The maximum Gasteiger partial charge on any atom is 0.309 e. The first-order chi connectivity index (χ1) is 9.83. The first kappa shape index (κ1) is 11.0. The van der Waals surface area contributed by atoms with Gasteiger partial charge >= 0.3 is 5.84 Å². The van der Waals surface area contributed by atoms with Gasteiger partial charge in [0.2, 0.25) is 0 Å². The van der Waals surface area contributed by atoms with Crippen LogP contribution in [-0.4, -0.2) is 9.38 Å². The summed E-state index contributed by atoms with van der Waals surface area (Å²) in [5, 5.41) is 0.588. The molecule has 2 heterocycles. The van der Waals surface area contributed by atoms with Crippen LogP contribution >= 0.6 is 0 Å². The maximum atomic E-state index is 12.4. The van der Waals surface area contributed by atoms with Crippen molar-refractivity contribution in [3.05, 3.63) is 71.1 Å². The smallest absolute Gasteiger partial charge is 0.309 e. The van der Waals surface area contributed by atoms with Crippen molar-refractivity contribution in [2.24, 2.45) is 0 Å². The molecule has 0 amide bonds. The van der Waals surface area contributed by atoms with Crippen molar-refractivity contribution in [1.29, 1.82) is 0 Å². The number of benzene rings is 2. The Labute approximate surface area is 113 Å². The van der Waals surface area contributed by atoms with Gasteiger partial charge in [-0.25, -0.2) is 4.40 Å². The second-order valence-electron chi connectivity index (χ2n) is 4.55. The Morgan fingerprint density at radius 3 is 2.55 bits per heavy atom. The third kappa shape index (κ3) is 1.55. The molecule has 0 bridgehead atoms. The number of fused-ring (bicyclic) bond motifs is 2. The minimum Gasteiger partial charge on any atom is -0.423 e. The van der Waals surface area contributed by atoms with Crippen molar-refractivity contribution >= 4 is 16.7 Å². The lowest BCUT2D eigenvalue weighted by Crippen LogP contribution is -2.12. The highest BCUT2D eigenvalue weighted by molar-refractivity contribution is 5.79. The largest absolute Gasteiger partial charge is 0.423 e. The van der Waals surface area contributed by atoms with Crippen LogP contribution in [0.1, 0.15) is 0 Å². The van der Waals surface area contributed by atoms with E-state index >= 15 is 0 Å². The van der Waals surface area contributed by atoms with Crippen molar-refractivity contribution in [3.8, 4) is 11.3 Å². The van der Waals surface area contributed by atoms with Crippen LogP contribution in [0.5, 0.6) is 0 Å². The van der Waals surface area contributed by atoms with Crippen LogP contribution in [0, 0.1) is 0 Å². The maximum absolute atomic E-state index is 12.4. The van der Waals surface area contributed by atoms with Crippen molar-refractivity contribution in [2.75, 3.05) is 0 Å². The highest BCUT2D eigenvalue weighted by Gasteiger charge is 2.11. The molecule has 0 saturated heterocycles. The molecule has 4 nitrogen and oxygen atoms in total. The number of rotatable bonds is 1. The van der Waals surface area contributed by atoms with E-state index in [2.05, 4.69) is 4.98 Å². The van der Waals surface area contributed by atoms with E-state index in [0.717, 1.165) is 5.56 Å². The Kier molecular flexibility index (Phi) is 2.23. The molecule has 0 fully saturated rings. The van der Waals surface area contributed by atoms with E-state index in [1.807, 2.05) is 42.5 Å². The summed E-state index contributed by atoms with van der Waals surface area (Å²) in [5.41, 5.74) is 1.45. The van der Waals surface area contributed by atoms with Crippen LogP contribution in [0.3, 0.4) is 0 Å². The van der Waals surface area contributed by atoms with E-state index in [9.17, 15) is 4.79 Å². The zero-order valence-electron chi connectivity index (χ0n) is 10.5. The Morgan fingerprint density at radius 2 is 1.70 bits per heavy atom. The fourth-order valence-electron chi connectivity index (χ4n) is 2.29. The zero-order valence-corrected chi connectivity index (χ0v) is 10.5. The van der Waals surface area contributed by atoms with Crippen molar-refractivity contribution in [3.63, 3.8) is 0 Å². The van der Waals surface area contributed by atoms with Crippen LogP contribution in [0.25, 0.3) is 28.1 Å². The summed E-state index contributed by atoms with van der Waals surface area (Å²) in [6.07, 6.45) is 1.69. The molecule has 0 spiro atoms. The van der Waals surface area contributed by atoms with Gasteiger partial charge in [0.05, 0.1) is 17.1 Å². The van der Waals surface area contributed by atoms with Gasteiger partial charge in [0, 0.05) is 5.56 Å². The number of para-hydroxylation sites is 1.